The van der Waals surface area contributed by atoms with Crippen LogP contribution in [-0.4, -0.2) is 77.3 Å². The van der Waals surface area contributed by atoms with Crippen LogP contribution in [0.2, 0.25) is 0 Å². The van der Waals surface area contributed by atoms with Crippen molar-refractivity contribution in [3.8, 4) is 45.9 Å². The topological polar surface area (TPSA) is 308 Å². The van der Waals surface area contributed by atoms with Crippen LogP contribution in [0.25, 0.3) is 43.1 Å². The summed E-state index contributed by atoms with van der Waals surface area (Å²) in [5, 5.41) is 39.7. The zero-order valence-electron chi connectivity index (χ0n) is 58.5. The van der Waals surface area contributed by atoms with Crippen molar-refractivity contribution in [2.24, 2.45) is 20.0 Å². The molecule has 0 saturated carbocycles. The second-order valence-corrected chi connectivity index (χ2v) is 23.4. The molecule has 0 fully saturated rings. The van der Waals surface area contributed by atoms with Crippen molar-refractivity contribution in [2.75, 3.05) is 24.9 Å². The summed E-state index contributed by atoms with van der Waals surface area (Å²) in [6, 6.07) is 62.2. The van der Waals surface area contributed by atoms with Gasteiger partial charge in [-0.15, -0.1) is 0 Å². The molecule has 6 N–H and O–H groups in total. The number of aliphatic imine (C=N–C) groups is 4. The molecule has 2 aromatic heterocycles. The van der Waals surface area contributed by atoms with Crippen molar-refractivity contribution in [2.45, 2.75) is 48.5 Å². The number of para-hydroxylation sites is 2. The number of hydrogen-bond acceptors (Lipinski definition) is 11. The second kappa shape index (κ2) is 33.9. The minimum atomic E-state index is -0.833. The van der Waals surface area contributed by atoms with Gasteiger partial charge in [-0.1, -0.05) is 164 Å². The Morgan fingerprint density at radius 3 is 1.21 bits per heavy atom. The van der Waals surface area contributed by atoms with Crippen LogP contribution in [0, 0.1) is 77.3 Å². The van der Waals surface area contributed by atoms with E-state index in [2.05, 4.69) is 48.1 Å². The first kappa shape index (κ1) is 75.2. The van der Waals surface area contributed by atoms with E-state index < -0.39 is 29.6 Å². The maximum atomic E-state index is 13.5. The molecular weight excluding hydrogens is 1370 g/mol. The van der Waals surface area contributed by atoms with Gasteiger partial charge in [0.15, 0.2) is 17.5 Å². The molecule has 4 amide bonds. The summed E-state index contributed by atoms with van der Waals surface area (Å²) in [6.07, 6.45) is 0. The Hall–Kier alpha value is -14.0. The van der Waals surface area contributed by atoms with E-state index in [1.165, 1.54) is 14.2 Å². The van der Waals surface area contributed by atoms with Crippen LogP contribution in [-0.2, 0) is 24.3 Å². The van der Waals surface area contributed by atoms with E-state index in [4.69, 9.17) is 57.5 Å². The molecule has 2 aliphatic rings. The van der Waals surface area contributed by atoms with Crippen molar-refractivity contribution >= 4 is 98.7 Å². The summed E-state index contributed by atoms with van der Waals surface area (Å²) in [4.78, 5) is 97.7. The number of rotatable bonds is 14. The molecule has 2 aliphatic heterocycles. The van der Waals surface area contributed by atoms with Gasteiger partial charge in [0.25, 0.3) is 23.7 Å². The number of aryl methyl sites for hydroxylation is 6. The van der Waals surface area contributed by atoms with Crippen LogP contribution in [0.15, 0.2) is 225 Å². The molecule has 105 heavy (non-hydrogen) atoms. The van der Waals surface area contributed by atoms with Gasteiger partial charge in [-0.05, 0) is 128 Å². The van der Waals surface area contributed by atoms with Crippen LogP contribution in [0.4, 0.5) is 34.6 Å². The third kappa shape index (κ3) is 16.4. The number of aliphatic carboxylic acids is 1. The number of nitrogens with one attached hydrogen (secondary N) is 5. The molecule has 0 unspecified atom stereocenters. The summed E-state index contributed by atoms with van der Waals surface area (Å²) in [6.45, 7) is 28.7. The number of amidine groups is 4. The summed E-state index contributed by atoms with van der Waals surface area (Å²) in [5.41, 5.74) is 11.3. The van der Waals surface area contributed by atoms with Gasteiger partial charge < -0.3 is 50.8 Å². The summed E-state index contributed by atoms with van der Waals surface area (Å²) < 4.78 is 10.8. The molecule has 0 spiro atoms. The van der Waals surface area contributed by atoms with Gasteiger partial charge in [-0.2, -0.15) is 10.5 Å². The Balaban J connectivity index is 0.000000229. The van der Waals surface area contributed by atoms with Crippen LogP contribution >= 0.6 is 0 Å². The SMILES string of the molecule is CC(=O)O.[C-]#[N+]c1c(NC(=O)c2ccccc2C)[n-]c(N=C2N=C(NC(=O)c3ccccc3OC)C(C#N)=C2c2ccccc2C)c1-c1ccccc1C.[C-]#[N+]c1c(NC(=O)c2ccccc2C)[nH]c(N=C2N=C(NC(=O)c3ccccc3OC)C(C#N)=C2c2ccccc2C)c1-c1ccccc1C.[Zn]. The molecule has 0 atom stereocenters. The zero-order chi connectivity index (χ0) is 74.3. The number of hydrogen-bond donors (Lipinski definition) is 6. The molecule has 4 heterocycles. The first-order valence-electron chi connectivity index (χ1n) is 32.2. The zero-order valence-corrected chi connectivity index (χ0v) is 61.5. The molecule has 0 bridgehead atoms. The minimum absolute atomic E-state index is 0. The van der Waals surface area contributed by atoms with Crippen molar-refractivity contribution in [1.82, 2.24) is 20.6 Å². The van der Waals surface area contributed by atoms with Gasteiger partial charge in [-0.25, -0.2) is 24.7 Å². The van der Waals surface area contributed by atoms with E-state index in [-0.39, 0.29) is 99.7 Å². The average Bonchev–Trinajstić information content (AvgIpc) is 1.62. The predicted octanol–water partition coefficient (Wildman–Crippen LogP) is 16.3. The Morgan fingerprint density at radius 2 is 0.819 bits per heavy atom. The number of ether oxygens (including phenoxy) is 2. The van der Waals surface area contributed by atoms with E-state index in [0.717, 1.165) is 45.9 Å². The van der Waals surface area contributed by atoms with Gasteiger partial charge in [0.2, 0.25) is 17.3 Å². The molecular formula is C82H65N14O8Zn-. The number of carboxylic acid groups (broad SMARTS) is 1. The van der Waals surface area contributed by atoms with Crippen LogP contribution in [0.5, 0.6) is 11.5 Å². The molecule has 22 nitrogen and oxygen atoms in total. The van der Waals surface area contributed by atoms with E-state index in [9.17, 15) is 29.7 Å². The maximum Gasteiger partial charge on any atom is 0.300 e. The third-order valence-electron chi connectivity index (χ3n) is 16.7. The van der Waals surface area contributed by atoms with E-state index >= 15 is 0 Å². The molecule has 12 rings (SSSR count). The van der Waals surface area contributed by atoms with Crippen molar-refractivity contribution in [1.29, 1.82) is 10.5 Å². The van der Waals surface area contributed by atoms with Crippen LogP contribution < -0.4 is 35.7 Å². The van der Waals surface area contributed by atoms with E-state index in [1.54, 1.807) is 72.8 Å². The molecule has 0 saturated heterocycles. The average molecular weight is 1440 g/mol. The first-order chi connectivity index (χ1) is 50.2. The Kier molecular flexibility index (Phi) is 24.3. The van der Waals surface area contributed by atoms with Gasteiger partial charge in [0, 0.05) is 71.4 Å². The smallest absolute Gasteiger partial charge is 0.300 e. The Morgan fingerprint density at radius 1 is 0.476 bits per heavy atom. The molecule has 23 heteroatoms. The normalized spacial score (nSPS) is 12.6. The monoisotopic (exact) mass is 1440 g/mol. The van der Waals surface area contributed by atoms with Gasteiger partial charge in [0.1, 0.15) is 46.4 Å². The van der Waals surface area contributed by atoms with Crippen LogP contribution in [0.1, 0.15) is 92.9 Å². The number of carbonyl (C=O) groups is 5. The number of methoxy groups -OCH3 is 2. The number of anilines is 2. The van der Waals surface area contributed by atoms with E-state index in [1.807, 2.05) is 163 Å². The number of carbonyl (C=O) groups excluding carboxylic acids is 4. The fraction of sp³-hybridized carbons (Fsp3) is 0.110. The number of nitriles is 2. The fourth-order valence-electron chi connectivity index (χ4n) is 11.6. The number of benzene rings is 8. The quantitative estimate of drug-likeness (QED) is 0.0439. The molecule has 0 aliphatic carbocycles. The summed E-state index contributed by atoms with van der Waals surface area (Å²) in [5.74, 6) is -1.15. The van der Waals surface area contributed by atoms with Crippen molar-refractivity contribution in [3.05, 3.63) is 295 Å². The van der Waals surface area contributed by atoms with Gasteiger partial charge in [0.05, 0.1) is 44.3 Å². The van der Waals surface area contributed by atoms with Crippen LogP contribution in [0.3, 0.4) is 0 Å². The fourth-order valence-corrected chi connectivity index (χ4v) is 11.6. The molecule has 10 aromatic rings. The number of H-pyrrole nitrogens is 1. The number of carboxylic acids is 1. The maximum absolute atomic E-state index is 13.5. The number of nitrogens with zero attached hydrogens (tertiary/aromatic N) is 9. The summed E-state index contributed by atoms with van der Waals surface area (Å²) >= 11 is 0. The minimum Gasteiger partial charge on any atom is -0.496 e. The van der Waals surface area contributed by atoms with Gasteiger partial charge in [-0.3, -0.25) is 24.0 Å². The van der Waals surface area contributed by atoms with E-state index in [0.29, 0.717) is 61.6 Å². The van der Waals surface area contributed by atoms with Gasteiger partial charge >= 0.3 is 0 Å². The largest absolute Gasteiger partial charge is 0.496 e. The Bertz CT molecular complexity index is 5190. The number of aromatic nitrogens is 2. The molecule has 514 valence electrons. The predicted molar refractivity (Wildman–Crippen MR) is 402 cm³/mol. The number of amides is 4. The summed E-state index contributed by atoms with van der Waals surface area (Å²) in [7, 11) is 2.94. The Labute approximate surface area is 618 Å². The standard InChI is InChI=1S/2C40H31N7O3.C2H4O2.Zn/c2*1-23-14-6-9-17-26(23)32-30(22-41)35(46-40(49)29-20-12-13-21-31(29)50-5)43-36(32)44-37-33(27-18-10-7-15-24(27)2)34(42-4)38(45-37)47-39(48)28-19-11-8-16-25(28)3;1-2(3)4;/h6-21H,1-3,5H3,(H3,43,44,45,46,47,48,49);6-21,45H,1-3,5H3,(H,47,48)(H,43,44,46,49);1H3,(H,3,4);/p-1. The molecule has 8 aromatic carbocycles. The second-order valence-electron chi connectivity index (χ2n) is 23.4. The number of aromatic amines is 1. The van der Waals surface area contributed by atoms with Crippen molar-refractivity contribution in [3.63, 3.8) is 0 Å². The third-order valence-corrected chi connectivity index (χ3v) is 16.7. The first-order valence-corrected chi connectivity index (χ1v) is 32.2. The molecule has 0 radical (unpaired) electrons. The van der Waals surface area contributed by atoms with Crippen molar-refractivity contribution < 1.29 is 58.0 Å².